The molecular weight excluding hydrogens is 248 g/mol. The van der Waals surface area contributed by atoms with Crippen LogP contribution in [0.5, 0.6) is 0 Å². The van der Waals surface area contributed by atoms with Crippen LogP contribution in [0.4, 0.5) is 5.69 Å². The average Bonchev–Trinajstić information content (AvgIpc) is 2.99. The van der Waals surface area contributed by atoms with Crippen molar-refractivity contribution in [2.75, 3.05) is 11.9 Å². The van der Waals surface area contributed by atoms with E-state index in [1.807, 2.05) is 0 Å². The zero-order chi connectivity index (χ0) is 13.8. The van der Waals surface area contributed by atoms with Gasteiger partial charge in [-0.15, -0.1) is 0 Å². The SMILES string of the molecule is CCOC(=O)c1c(NC(=O)c2ccoc2)c[nH]c1C. The van der Waals surface area contributed by atoms with E-state index in [2.05, 4.69) is 10.3 Å². The number of rotatable bonds is 4. The highest BCUT2D eigenvalue weighted by Crippen LogP contribution is 2.21. The number of amides is 1. The van der Waals surface area contributed by atoms with E-state index in [4.69, 9.17) is 9.15 Å². The third-order valence-electron chi connectivity index (χ3n) is 2.59. The maximum absolute atomic E-state index is 11.9. The number of furan rings is 1. The molecule has 0 atom stereocenters. The summed E-state index contributed by atoms with van der Waals surface area (Å²) < 4.78 is 9.79. The highest BCUT2D eigenvalue weighted by atomic mass is 16.5. The number of nitrogens with one attached hydrogen (secondary N) is 2. The molecule has 100 valence electrons. The number of aromatic amines is 1. The Morgan fingerprint density at radius 2 is 2.26 bits per heavy atom. The minimum Gasteiger partial charge on any atom is -0.472 e. The quantitative estimate of drug-likeness (QED) is 0.828. The van der Waals surface area contributed by atoms with Crippen molar-refractivity contribution in [3.05, 3.63) is 41.6 Å². The fourth-order valence-corrected chi connectivity index (χ4v) is 1.68. The summed E-state index contributed by atoms with van der Waals surface area (Å²) >= 11 is 0. The van der Waals surface area contributed by atoms with E-state index in [0.29, 0.717) is 22.5 Å². The molecule has 2 aromatic heterocycles. The lowest BCUT2D eigenvalue weighted by Crippen LogP contribution is -2.14. The van der Waals surface area contributed by atoms with Crippen molar-refractivity contribution in [3.8, 4) is 0 Å². The minimum atomic E-state index is -0.469. The smallest absolute Gasteiger partial charge is 0.342 e. The zero-order valence-corrected chi connectivity index (χ0v) is 10.6. The second-order valence-corrected chi connectivity index (χ2v) is 3.89. The lowest BCUT2D eigenvalue weighted by atomic mass is 10.2. The summed E-state index contributed by atoms with van der Waals surface area (Å²) in [6.45, 7) is 3.74. The standard InChI is InChI=1S/C13H14N2O4/c1-3-19-13(17)11-8(2)14-6-10(11)15-12(16)9-4-5-18-7-9/h4-7,14H,3H2,1-2H3,(H,15,16). The number of carbonyl (C=O) groups excluding carboxylic acids is 2. The molecule has 0 saturated heterocycles. The van der Waals surface area contributed by atoms with Crippen LogP contribution in [0.2, 0.25) is 0 Å². The first kappa shape index (κ1) is 12.9. The van der Waals surface area contributed by atoms with Crippen molar-refractivity contribution < 1.29 is 18.7 Å². The van der Waals surface area contributed by atoms with E-state index in [1.54, 1.807) is 26.1 Å². The van der Waals surface area contributed by atoms with E-state index in [-0.39, 0.29) is 12.5 Å². The van der Waals surface area contributed by atoms with Crippen molar-refractivity contribution in [2.45, 2.75) is 13.8 Å². The summed E-state index contributed by atoms with van der Waals surface area (Å²) in [4.78, 5) is 26.6. The third kappa shape index (κ3) is 2.67. The lowest BCUT2D eigenvalue weighted by molar-refractivity contribution is 0.0527. The van der Waals surface area contributed by atoms with E-state index >= 15 is 0 Å². The molecule has 2 aromatic rings. The van der Waals surface area contributed by atoms with Gasteiger partial charge in [-0.3, -0.25) is 4.79 Å². The maximum atomic E-state index is 11.9. The second kappa shape index (κ2) is 5.43. The Hall–Kier alpha value is -2.50. The van der Waals surface area contributed by atoms with Gasteiger partial charge in [-0.05, 0) is 19.9 Å². The Balaban J connectivity index is 2.21. The van der Waals surface area contributed by atoms with Gasteiger partial charge in [0.05, 0.1) is 24.1 Å². The van der Waals surface area contributed by atoms with Gasteiger partial charge >= 0.3 is 5.97 Å². The first-order valence-electron chi connectivity index (χ1n) is 5.82. The van der Waals surface area contributed by atoms with E-state index in [1.165, 1.54) is 12.5 Å². The fraction of sp³-hybridized carbons (Fsp3) is 0.231. The monoisotopic (exact) mass is 262 g/mol. The number of aryl methyl sites for hydroxylation is 1. The van der Waals surface area contributed by atoms with Crippen LogP contribution in [0.25, 0.3) is 0 Å². The van der Waals surface area contributed by atoms with Gasteiger partial charge in [0.25, 0.3) is 5.91 Å². The van der Waals surface area contributed by atoms with Crippen LogP contribution >= 0.6 is 0 Å². The predicted octanol–water partition coefficient (Wildman–Crippen LogP) is 2.35. The number of anilines is 1. The number of carbonyl (C=O) groups is 2. The summed E-state index contributed by atoms with van der Waals surface area (Å²) in [5.74, 6) is -0.818. The number of hydrogen-bond donors (Lipinski definition) is 2. The van der Waals surface area contributed by atoms with Crippen molar-refractivity contribution in [3.63, 3.8) is 0 Å². The molecule has 0 spiro atoms. The topological polar surface area (TPSA) is 84.3 Å². The summed E-state index contributed by atoms with van der Waals surface area (Å²) in [5.41, 5.74) is 1.75. The van der Waals surface area contributed by atoms with Crippen LogP contribution < -0.4 is 5.32 Å². The number of H-pyrrole nitrogens is 1. The largest absolute Gasteiger partial charge is 0.472 e. The number of hydrogen-bond acceptors (Lipinski definition) is 4. The van der Waals surface area contributed by atoms with Gasteiger partial charge in [0, 0.05) is 11.9 Å². The minimum absolute atomic E-state index is 0.276. The number of ether oxygens (including phenoxy) is 1. The van der Waals surface area contributed by atoms with E-state index in [0.717, 1.165) is 0 Å². The Morgan fingerprint density at radius 1 is 1.47 bits per heavy atom. The van der Waals surface area contributed by atoms with Crippen LogP contribution in [0.1, 0.15) is 33.3 Å². The zero-order valence-electron chi connectivity index (χ0n) is 10.6. The highest BCUT2D eigenvalue weighted by Gasteiger charge is 2.19. The third-order valence-corrected chi connectivity index (χ3v) is 2.59. The molecule has 0 aliphatic heterocycles. The molecule has 1 amide bonds. The summed E-state index contributed by atoms with van der Waals surface area (Å²) in [6, 6.07) is 1.54. The van der Waals surface area contributed by atoms with Gasteiger partial charge in [-0.25, -0.2) is 4.79 Å². The number of esters is 1. The van der Waals surface area contributed by atoms with E-state index in [9.17, 15) is 9.59 Å². The molecule has 0 bridgehead atoms. The normalized spacial score (nSPS) is 10.2. The molecule has 6 heteroatoms. The summed E-state index contributed by atoms with van der Waals surface area (Å²) in [6.07, 6.45) is 4.29. The number of aromatic nitrogens is 1. The first-order valence-corrected chi connectivity index (χ1v) is 5.82. The van der Waals surface area contributed by atoms with Crippen LogP contribution in [0, 0.1) is 6.92 Å². The molecule has 0 saturated carbocycles. The van der Waals surface area contributed by atoms with Crippen LogP contribution in [0.15, 0.2) is 29.2 Å². The predicted molar refractivity (Wildman–Crippen MR) is 68.1 cm³/mol. The molecule has 0 aliphatic rings. The Labute approximate surface area is 109 Å². The Bertz CT molecular complexity index is 584. The lowest BCUT2D eigenvalue weighted by Gasteiger charge is -2.06. The van der Waals surface area contributed by atoms with Crippen LogP contribution in [0.3, 0.4) is 0 Å². The molecule has 0 aliphatic carbocycles. The average molecular weight is 262 g/mol. The molecule has 6 nitrogen and oxygen atoms in total. The van der Waals surface area contributed by atoms with Gasteiger partial charge < -0.3 is 19.5 Å². The molecule has 0 unspecified atom stereocenters. The maximum Gasteiger partial charge on any atom is 0.342 e. The van der Waals surface area contributed by atoms with Crippen LogP contribution in [-0.2, 0) is 4.74 Å². The van der Waals surface area contributed by atoms with Crippen LogP contribution in [-0.4, -0.2) is 23.5 Å². The molecule has 2 N–H and O–H groups in total. The molecule has 0 radical (unpaired) electrons. The molecule has 0 aromatic carbocycles. The van der Waals surface area contributed by atoms with Gasteiger partial charge in [0.1, 0.15) is 11.8 Å². The van der Waals surface area contributed by atoms with Gasteiger partial charge in [-0.2, -0.15) is 0 Å². The summed E-state index contributed by atoms with van der Waals surface area (Å²) in [5, 5.41) is 2.64. The molecule has 0 fully saturated rings. The molecule has 2 heterocycles. The van der Waals surface area contributed by atoms with Gasteiger partial charge in [-0.1, -0.05) is 0 Å². The Morgan fingerprint density at radius 3 is 2.89 bits per heavy atom. The van der Waals surface area contributed by atoms with Gasteiger partial charge in [0.15, 0.2) is 0 Å². The first-order chi connectivity index (χ1) is 9.13. The van der Waals surface area contributed by atoms with Crippen molar-refractivity contribution in [1.82, 2.24) is 4.98 Å². The summed E-state index contributed by atoms with van der Waals surface area (Å²) in [7, 11) is 0. The Kier molecular flexibility index (Phi) is 3.70. The van der Waals surface area contributed by atoms with Crippen molar-refractivity contribution >= 4 is 17.6 Å². The molecular formula is C13H14N2O4. The van der Waals surface area contributed by atoms with E-state index < -0.39 is 5.97 Å². The fourth-order valence-electron chi connectivity index (χ4n) is 1.68. The van der Waals surface area contributed by atoms with Gasteiger partial charge in [0.2, 0.25) is 0 Å². The highest BCUT2D eigenvalue weighted by molar-refractivity contribution is 6.08. The van der Waals surface area contributed by atoms with Crippen molar-refractivity contribution in [2.24, 2.45) is 0 Å². The second-order valence-electron chi connectivity index (χ2n) is 3.89. The molecule has 2 rings (SSSR count). The molecule has 19 heavy (non-hydrogen) atoms. The van der Waals surface area contributed by atoms with Crippen molar-refractivity contribution in [1.29, 1.82) is 0 Å².